The summed E-state index contributed by atoms with van der Waals surface area (Å²) in [5.41, 5.74) is 1.11. The molecule has 2 N–H and O–H groups in total. The molecule has 2 amide bonds. The van der Waals surface area contributed by atoms with Crippen molar-refractivity contribution in [3.8, 4) is 0 Å². The summed E-state index contributed by atoms with van der Waals surface area (Å²) in [6.07, 6.45) is 3.62. The van der Waals surface area contributed by atoms with Gasteiger partial charge in [0.2, 0.25) is 0 Å². The van der Waals surface area contributed by atoms with Gasteiger partial charge in [-0.2, -0.15) is 5.10 Å². The highest BCUT2D eigenvalue weighted by Crippen LogP contribution is 2.26. The Labute approximate surface area is 148 Å². The topological polar surface area (TPSA) is 68.2 Å². The van der Waals surface area contributed by atoms with Crippen molar-refractivity contribution in [2.75, 3.05) is 18.5 Å². The number of hydrogen-bond acceptors (Lipinski definition) is 3. The Morgan fingerprint density at radius 2 is 2.12 bits per heavy atom. The number of carbonyl (C=O) groups is 1. The second-order valence-electron chi connectivity index (χ2n) is 6.78. The highest BCUT2D eigenvalue weighted by molar-refractivity contribution is 5.88. The predicted octanol–water partition coefficient (Wildman–Crippen LogP) is 3.75. The van der Waals surface area contributed by atoms with Gasteiger partial charge in [0.25, 0.3) is 0 Å². The second kappa shape index (κ2) is 8.16. The Kier molecular flexibility index (Phi) is 5.71. The van der Waals surface area contributed by atoms with Crippen molar-refractivity contribution in [3.05, 3.63) is 48.2 Å². The molecule has 6 heteroatoms. The van der Waals surface area contributed by atoms with Crippen LogP contribution in [0.4, 0.5) is 10.6 Å². The summed E-state index contributed by atoms with van der Waals surface area (Å²) in [6, 6.07) is 11.8. The number of aromatic nitrogens is 2. The molecule has 1 aliphatic heterocycles. The molecule has 2 heterocycles. The lowest BCUT2D eigenvalue weighted by Gasteiger charge is -2.22. The lowest BCUT2D eigenvalue weighted by Crippen LogP contribution is -2.34. The predicted molar refractivity (Wildman–Crippen MR) is 97.5 cm³/mol. The number of benzene rings is 1. The zero-order valence-electron chi connectivity index (χ0n) is 14.8. The Morgan fingerprint density at radius 1 is 1.32 bits per heavy atom. The van der Waals surface area contributed by atoms with E-state index in [0.717, 1.165) is 31.6 Å². The van der Waals surface area contributed by atoms with Crippen LogP contribution in [0.25, 0.3) is 0 Å². The van der Waals surface area contributed by atoms with Crippen LogP contribution < -0.4 is 10.6 Å². The molecule has 0 radical (unpaired) electrons. The molecule has 2 aromatic rings. The third kappa shape index (κ3) is 4.60. The number of amides is 2. The molecular formula is C19H26N4O2. The normalized spacial score (nSPS) is 18.3. The van der Waals surface area contributed by atoms with E-state index in [-0.39, 0.29) is 18.1 Å². The Balaban J connectivity index is 1.68. The van der Waals surface area contributed by atoms with Crippen LogP contribution in [0.15, 0.2) is 42.6 Å². The van der Waals surface area contributed by atoms with Crippen LogP contribution in [0.5, 0.6) is 0 Å². The van der Waals surface area contributed by atoms with Gasteiger partial charge in [0, 0.05) is 25.3 Å². The van der Waals surface area contributed by atoms with Gasteiger partial charge in [-0.1, -0.05) is 30.3 Å². The van der Waals surface area contributed by atoms with Crippen molar-refractivity contribution in [1.29, 1.82) is 0 Å². The zero-order chi connectivity index (χ0) is 17.6. The van der Waals surface area contributed by atoms with Crippen LogP contribution in [0.2, 0.25) is 0 Å². The molecule has 2 atom stereocenters. The average Bonchev–Trinajstić information content (AvgIpc) is 3.27. The molecule has 1 aliphatic rings. The average molecular weight is 342 g/mol. The highest BCUT2D eigenvalue weighted by atomic mass is 16.5. The number of nitrogens with zero attached hydrogens (tertiary/aromatic N) is 2. The van der Waals surface area contributed by atoms with Gasteiger partial charge in [-0.05, 0) is 38.2 Å². The number of urea groups is 1. The Hall–Kier alpha value is -2.34. The number of rotatable bonds is 6. The summed E-state index contributed by atoms with van der Waals surface area (Å²) in [5, 5.41) is 10.3. The van der Waals surface area contributed by atoms with Gasteiger partial charge in [-0.25, -0.2) is 9.48 Å². The fourth-order valence-electron chi connectivity index (χ4n) is 3.20. The summed E-state index contributed by atoms with van der Waals surface area (Å²) in [4.78, 5) is 12.5. The van der Waals surface area contributed by atoms with E-state index in [2.05, 4.69) is 27.9 Å². The van der Waals surface area contributed by atoms with E-state index in [0.29, 0.717) is 11.7 Å². The highest BCUT2D eigenvalue weighted by Gasteiger charge is 2.23. The van der Waals surface area contributed by atoms with E-state index in [9.17, 15) is 4.79 Å². The van der Waals surface area contributed by atoms with E-state index >= 15 is 0 Å². The van der Waals surface area contributed by atoms with Crippen molar-refractivity contribution in [2.24, 2.45) is 5.92 Å². The van der Waals surface area contributed by atoms with Crippen molar-refractivity contribution >= 4 is 11.8 Å². The summed E-state index contributed by atoms with van der Waals surface area (Å²) in [5.74, 6) is 1.18. The molecule has 0 spiro atoms. The maximum absolute atomic E-state index is 12.5. The molecule has 1 fully saturated rings. The van der Waals surface area contributed by atoms with Crippen molar-refractivity contribution in [2.45, 2.75) is 38.8 Å². The quantitative estimate of drug-likeness (QED) is 0.840. The first-order valence-corrected chi connectivity index (χ1v) is 8.87. The molecule has 25 heavy (non-hydrogen) atoms. The fraction of sp³-hybridized carbons (Fsp3) is 0.474. The Bertz CT molecular complexity index is 678. The molecule has 0 unspecified atom stereocenters. The number of hydrogen-bond donors (Lipinski definition) is 2. The third-order valence-electron chi connectivity index (χ3n) is 4.50. The SMILES string of the molecule is CC(C)n1nccc1NC(=O)N[C@H](C[C@H]1CCOC1)c1ccccc1. The number of carbonyl (C=O) groups excluding carboxylic acids is 1. The van der Waals surface area contributed by atoms with Crippen molar-refractivity contribution < 1.29 is 9.53 Å². The lowest BCUT2D eigenvalue weighted by atomic mass is 9.94. The maximum Gasteiger partial charge on any atom is 0.320 e. The van der Waals surface area contributed by atoms with Gasteiger partial charge in [-0.15, -0.1) is 0 Å². The molecule has 6 nitrogen and oxygen atoms in total. The molecule has 0 bridgehead atoms. The molecule has 3 rings (SSSR count). The number of anilines is 1. The van der Waals surface area contributed by atoms with E-state index in [4.69, 9.17) is 4.74 Å². The van der Waals surface area contributed by atoms with Gasteiger partial charge in [-0.3, -0.25) is 5.32 Å². The smallest absolute Gasteiger partial charge is 0.320 e. The van der Waals surface area contributed by atoms with Gasteiger partial charge >= 0.3 is 6.03 Å². The lowest BCUT2D eigenvalue weighted by molar-refractivity contribution is 0.181. The van der Waals surface area contributed by atoms with Crippen LogP contribution >= 0.6 is 0 Å². The van der Waals surface area contributed by atoms with E-state index in [1.54, 1.807) is 10.9 Å². The minimum Gasteiger partial charge on any atom is -0.381 e. The monoisotopic (exact) mass is 342 g/mol. The first-order chi connectivity index (χ1) is 12.1. The molecule has 0 aliphatic carbocycles. The minimum absolute atomic E-state index is 0.0386. The molecule has 0 saturated carbocycles. The van der Waals surface area contributed by atoms with Crippen molar-refractivity contribution in [1.82, 2.24) is 15.1 Å². The van der Waals surface area contributed by atoms with Gasteiger partial charge in [0.15, 0.2) is 0 Å². The van der Waals surface area contributed by atoms with Crippen LogP contribution in [0.1, 0.15) is 44.3 Å². The Morgan fingerprint density at radius 3 is 2.80 bits per heavy atom. The second-order valence-corrected chi connectivity index (χ2v) is 6.78. The summed E-state index contributed by atoms with van der Waals surface area (Å²) in [7, 11) is 0. The summed E-state index contributed by atoms with van der Waals surface area (Å²) < 4.78 is 7.28. The molecule has 1 saturated heterocycles. The largest absolute Gasteiger partial charge is 0.381 e. The summed E-state index contributed by atoms with van der Waals surface area (Å²) >= 11 is 0. The maximum atomic E-state index is 12.5. The van der Waals surface area contributed by atoms with Crippen LogP contribution in [-0.2, 0) is 4.74 Å². The zero-order valence-corrected chi connectivity index (χ0v) is 14.8. The first kappa shape index (κ1) is 17.5. The fourth-order valence-corrected chi connectivity index (χ4v) is 3.20. The van der Waals surface area contributed by atoms with Crippen molar-refractivity contribution in [3.63, 3.8) is 0 Å². The van der Waals surface area contributed by atoms with Gasteiger partial charge in [0.1, 0.15) is 5.82 Å². The standard InChI is InChI=1S/C19H26N4O2/c1-14(2)23-18(8-10-20-23)22-19(24)21-17(12-15-9-11-25-13-15)16-6-4-3-5-7-16/h3-8,10,14-15,17H,9,11-13H2,1-2H3,(H2,21,22,24)/t15-,17-/m1/s1. The number of nitrogens with one attached hydrogen (secondary N) is 2. The van der Waals surface area contributed by atoms with Gasteiger partial charge < -0.3 is 10.1 Å². The molecular weight excluding hydrogens is 316 g/mol. The first-order valence-electron chi connectivity index (χ1n) is 8.87. The third-order valence-corrected chi connectivity index (χ3v) is 4.50. The summed E-state index contributed by atoms with van der Waals surface area (Å²) in [6.45, 7) is 5.64. The van der Waals surface area contributed by atoms with E-state index in [1.807, 2.05) is 38.1 Å². The van der Waals surface area contributed by atoms with Gasteiger partial charge in [0.05, 0.1) is 12.2 Å². The minimum atomic E-state index is -0.213. The number of ether oxygens (including phenoxy) is 1. The molecule has 1 aromatic carbocycles. The molecule has 134 valence electrons. The van der Waals surface area contributed by atoms with Crippen LogP contribution in [0, 0.1) is 5.92 Å². The van der Waals surface area contributed by atoms with E-state index in [1.165, 1.54) is 0 Å². The van der Waals surface area contributed by atoms with Crippen LogP contribution in [-0.4, -0.2) is 29.0 Å². The molecule has 1 aromatic heterocycles. The van der Waals surface area contributed by atoms with E-state index < -0.39 is 0 Å². The van der Waals surface area contributed by atoms with Crippen LogP contribution in [0.3, 0.4) is 0 Å².